The van der Waals surface area contributed by atoms with Crippen LogP contribution in [-0.2, 0) is 11.3 Å². The van der Waals surface area contributed by atoms with Crippen LogP contribution in [0, 0.1) is 11.7 Å². The number of hydrogen-bond acceptors (Lipinski definition) is 3. The molecule has 0 spiro atoms. The van der Waals surface area contributed by atoms with Gasteiger partial charge in [0.05, 0.1) is 13.2 Å². The van der Waals surface area contributed by atoms with Crippen LogP contribution in [0.4, 0.5) is 4.39 Å². The number of ether oxygens (including phenoxy) is 2. The molecule has 0 bridgehead atoms. The summed E-state index contributed by atoms with van der Waals surface area (Å²) in [5, 5.41) is 3.21. The second kappa shape index (κ2) is 7.46. The van der Waals surface area contributed by atoms with Crippen molar-refractivity contribution in [1.29, 1.82) is 0 Å². The zero-order chi connectivity index (χ0) is 13.5. The van der Waals surface area contributed by atoms with Crippen LogP contribution in [-0.4, -0.2) is 26.9 Å². The van der Waals surface area contributed by atoms with Gasteiger partial charge in [0.25, 0.3) is 0 Å². The Morgan fingerprint density at radius 2 is 2.16 bits per heavy atom. The fourth-order valence-electron chi connectivity index (χ4n) is 1.97. The highest BCUT2D eigenvalue weighted by Crippen LogP contribution is 2.32. The lowest BCUT2D eigenvalue weighted by Gasteiger charge is -2.12. The van der Waals surface area contributed by atoms with Gasteiger partial charge in [0.15, 0.2) is 0 Å². The number of nitrogens with one attached hydrogen (secondary N) is 1. The van der Waals surface area contributed by atoms with Crippen molar-refractivity contribution >= 4 is 0 Å². The molecule has 1 aromatic rings. The van der Waals surface area contributed by atoms with Gasteiger partial charge < -0.3 is 14.8 Å². The first-order chi connectivity index (χ1) is 9.29. The SMILES string of the molecule is COCCNCc1cc(F)ccc1OCCC1CC1. The van der Waals surface area contributed by atoms with Crippen molar-refractivity contribution in [2.75, 3.05) is 26.9 Å². The molecule has 19 heavy (non-hydrogen) atoms. The molecule has 0 aliphatic heterocycles. The molecule has 0 amide bonds. The highest BCUT2D eigenvalue weighted by atomic mass is 19.1. The summed E-state index contributed by atoms with van der Waals surface area (Å²) in [5.74, 6) is 1.41. The van der Waals surface area contributed by atoms with Gasteiger partial charge in [-0.3, -0.25) is 0 Å². The van der Waals surface area contributed by atoms with Gasteiger partial charge in [-0.25, -0.2) is 4.39 Å². The summed E-state index contributed by atoms with van der Waals surface area (Å²) in [4.78, 5) is 0. The normalized spacial score (nSPS) is 14.6. The summed E-state index contributed by atoms with van der Waals surface area (Å²) in [6.45, 7) is 2.71. The van der Waals surface area contributed by atoms with E-state index in [9.17, 15) is 4.39 Å². The molecular weight excluding hydrogens is 245 g/mol. The molecule has 106 valence electrons. The van der Waals surface area contributed by atoms with Crippen molar-refractivity contribution in [3.8, 4) is 5.75 Å². The molecule has 0 aromatic heterocycles. The maximum absolute atomic E-state index is 13.3. The minimum atomic E-state index is -0.224. The molecule has 1 aliphatic rings. The zero-order valence-corrected chi connectivity index (χ0v) is 11.5. The van der Waals surface area contributed by atoms with Crippen LogP contribution in [0.25, 0.3) is 0 Å². The van der Waals surface area contributed by atoms with Crippen molar-refractivity contribution in [3.05, 3.63) is 29.6 Å². The van der Waals surface area contributed by atoms with Crippen molar-refractivity contribution in [3.63, 3.8) is 0 Å². The molecule has 0 unspecified atom stereocenters. The summed E-state index contributed by atoms with van der Waals surface area (Å²) in [6.07, 6.45) is 3.77. The van der Waals surface area contributed by atoms with E-state index < -0.39 is 0 Å². The van der Waals surface area contributed by atoms with Crippen molar-refractivity contribution in [2.45, 2.75) is 25.8 Å². The summed E-state index contributed by atoms with van der Waals surface area (Å²) < 4.78 is 24.0. The van der Waals surface area contributed by atoms with Crippen LogP contribution in [0.3, 0.4) is 0 Å². The van der Waals surface area contributed by atoms with Gasteiger partial charge in [-0.2, -0.15) is 0 Å². The quantitative estimate of drug-likeness (QED) is 0.698. The van der Waals surface area contributed by atoms with Crippen molar-refractivity contribution in [1.82, 2.24) is 5.32 Å². The molecule has 0 heterocycles. The molecule has 1 aliphatic carbocycles. The van der Waals surface area contributed by atoms with E-state index in [2.05, 4.69) is 5.32 Å². The van der Waals surface area contributed by atoms with Gasteiger partial charge in [-0.05, 0) is 30.5 Å². The molecule has 0 saturated heterocycles. The Kier molecular flexibility index (Phi) is 5.61. The minimum Gasteiger partial charge on any atom is -0.493 e. The monoisotopic (exact) mass is 267 g/mol. The maximum Gasteiger partial charge on any atom is 0.123 e. The lowest BCUT2D eigenvalue weighted by molar-refractivity contribution is 0.199. The summed E-state index contributed by atoms with van der Waals surface area (Å²) in [7, 11) is 1.66. The Bertz CT molecular complexity index is 394. The fourth-order valence-corrected chi connectivity index (χ4v) is 1.97. The van der Waals surface area contributed by atoms with E-state index in [0.717, 1.165) is 36.8 Å². The second-order valence-corrected chi connectivity index (χ2v) is 5.00. The highest BCUT2D eigenvalue weighted by molar-refractivity contribution is 5.33. The number of halogens is 1. The molecule has 0 atom stereocenters. The third-order valence-corrected chi connectivity index (χ3v) is 3.30. The molecule has 3 nitrogen and oxygen atoms in total. The Balaban J connectivity index is 1.83. The van der Waals surface area contributed by atoms with Crippen molar-refractivity contribution < 1.29 is 13.9 Å². The summed E-state index contributed by atoms with van der Waals surface area (Å²) in [6, 6.07) is 4.70. The van der Waals surface area contributed by atoms with E-state index in [1.807, 2.05) is 0 Å². The van der Waals surface area contributed by atoms with Gasteiger partial charge in [-0.15, -0.1) is 0 Å². The predicted molar refractivity (Wildman–Crippen MR) is 72.8 cm³/mol. The van der Waals surface area contributed by atoms with Crippen LogP contribution >= 0.6 is 0 Å². The standard InChI is InChI=1S/C15H22FNO2/c1-18-9-7-17-11-13-10-14(16)4-5-15(13)19-8-6-12-2-3-12/h4-5,10,12,17H,2-3,6-9,11H2,1H3. The first-order valence-corrected chi connectivity index (χ1v) is 6.90. The molecule has 0 radical (unpaired) electrons. The zero-order valence-electron chi connectivity index (χ0n) is 11.5. The average Bonchev–Trinajstić information content (AvgIpc) is 3.21. The Hall–Kier alpha value is -1.13. The van der Waals surface area contributed by atoms with E-state index >= 15 is 0 Å². The molecule has 4 heteroatoms. The summed E-state index contributed by atoms with van der Waals surface area (Å²) in [5.41, 5.74) is 0.868. The smallest absolute Gasteiger partial charge is 0.123 e. The molecule has 2 rings (SSSR count). The number of rotatable bonds is 9. The minimum absolute atomic E-state index is 0.224. The molecule has 1 fully saturated rings. The van der Waals surface area contributed by atoms with E-state index in [0.29, 0.717) is 13.2 Å². The van der Waals surface area contributed by atoms with Gasteiger partial charge >= 0.3 is 0 Å². The van der Waals surface area contributed by atoms with Gasteiger partial charge in [0.1, 0.15) is 11.6 Å². The fraction of sp³-hybridized carbons (Fsp3) is 0.600. The van der Waals surface area contributed by atoms with Gasteiger partial charge in [-0.1, -0.05) is 12.8 Å². The number of benzene rings is 1. The number of methoxy groups -OCH3 is 1. The van der Waals surface area contributed by atoms with Crippen LogP contribution in [0.1, 0.15) is 24.8 Å². The molecular formula is C15H22FNO2. The van der Waals surface area contributed by atoms with Gasteiger partial charge in [0, 0.05) is 25.8 Å². The van der Waals surface area contributed by atoms with Crippen molar-refractivity contribution in [2.24, 2.45) is 5.92 Å². The topological polar surface area (TPSA) is 30.5 Å². The second-order valence-electron chi connectivity index (χ2n) is 5.00. The Morgan fingerprint density at radius 1 is 1.32 bits per heavy atom. The van der Waals surface area contributed by atoms with E-state index in [4.69, 9.17) is 9.47 Å². The Labute approximate surface area is 114 Å². The third-order valence-electron chi connectivity index (χ3n) is 3.30. The predicted octanol–water partition coefficient (Wildman–Crippen LogP) is 2.74. The van der Waals surface area contributed by atoms with Gasteiger partial charge in [0.2, 0.25) is 0 Å². The largest absolute Gasteiger partial charge is 0.493 e. The Morgan fingerprint density at radius 3 is 2.89 bits per heavy atom. The molecule has 1 N–H and O–H groups in total. The lowest BCUT2D eigenvalue weighted by Crippen LogP contribution is -2.19. The molecule has 1 saturated carbocycles. The first-order valence-electron chi connectivity index (χ1n) is 6.90. The van der Waals surface area contributed by atoms with E-state index in [1.54, 1.807) is 13.2 Å². The van der Waals surface area contributed by atoms with Crippen LogP contribution < -0.4 is 10.1 Å². The van der Waals surface area contributed by atoms with E-state index in [-0.39, 0.29) is 5.82 Å². The average molecular weight is 267 g/mol. The van der Waals surface area contributed by atoms with Crippen LogP contribution in [0.5, 0.6) is 5.75 Å². The van der Waals surface area contributed by atoms with Crippen LogP contribution in [0.15, 0.2) is 18.2 Å². The third kappa shape index (κ3) is 5.17. The summed E-state index contributed by atoms with van der Waals surface area (Å²) >= 11 is 0. The first kappa shape index (κ1) is 14.3. The highest BCUT2D eigenvalue weighted by Gasteiger charge is 2.20. The lowest BCUT2D eigenvalue weighted by atomic mass is 10.2. The number of hydrogen-bond donors (Lipinski definition) is 1. The van der Waals surface area contributed by atoms with Crippen LogP contribution in [0.2, 0.25) is 0 Å². The maximum atomic E-state index is 13.3. The molecule has 1 aromatic carbocycles. The van der Waals surface area contributed by atoms with E-state index in [1.165, 1.54) is 25.0 Å².